The Kier molecular flexibility index (Phi) is 6.79. The Morgan fingerprint density at radius 1 is 0.960 bits per heavy atom. The smallest absolute Gasteiger partial charge is 0.347 e. The molecule has 0 heterocycles. The maximum Gasteiger partial charge on any atom is 0.347 e. The topological polar surface area (TPSA) is 87.9 Å². The highest BCUT2D eigenvalue weighted by atomic mass is 16.5. The van der Waals surface area contributed by atoms with Crippen LogP contribution in [0.15, 0.2) is 41.6 Å². The van der Waals surface area contributed by atoms with Gasteiger partial charge < -0.3 is 19.9 Å². The first-order valence-corrected chi connectivity index (χ1v) is 7.68. The number of allylic oxidation sites excluding steroid dienone is 2. The van der Waals surface area contributed by atoms with Crippen molar-refractivity contribution in [1.29, 1.82) is 0 Å². The number of nitrogens with two attached hydrogens (primary N) is 1. The summed E-state index contributed by atoms with van der Waals surface area (Å²) in [5.41, 5.74) is 7.14. The Morgan fingerprint density at radius 3 is 1.80 bits per heavy atom. The molecule has 2 N–H and O–H groups in total. The Balaban J connectivity index is 3.54. The van der Waals surface area contributed by atoms with E-state index in [4.69, 9.17) is 10.5 Å². The summed E-state index contributed by atoms with van der Waals surface area (Å²) in [7, 11) is 3.95. The van der Waals surface area contributed by atoms with Crippen LogP contribution in [0.1, 0.15) is 26.3 Å². The van der Waals surface area contributed by atoms with Crippen molar-refractivity contribution in [2.24, 2.45) is 11.1 Å². The summed E-state index contributed by atoms with van der Waals surface area (Å²) in [4.78, 5) is 23.8. The molecular weight excluding hydrogens is 322 g/mol. The lowest BCUT2D eigenvalue weighted by Gasteiger charge is -2.24. The number of hydrogen-bond acceptors (Lipinski definition) is 6. The van der Waals surface area contributed by atoms with Crippen molar-refractivity contribution in [2.45, 2.75) is 20.8 Å². The maximum atomic E-state index is 11.9. The SMILES string of the molecule is COC(=O)C(C(=O)OC)=C(N)/C=C(\c1ccc(OC)cc1)C(C)(C)C. The van der Waals surface area contributed by atoms with Gasteiger partial charge in [0, 0.05) is 0 Å². The van der Waals surface area contributed by atoms with Crippen LogP contribution in [0.25, 0.3) is 5.57 Å². The second-order valence-corrected chi connectivity index (χ2v) is 6.35. The highest BCUT2D eigenvalue weighted by Crippen LogP contribution is 2.35. The first-order valence-electron chi connectivity index (χ1n) is 7.68. The molecule has 6 nitrogen and oxygen atoms in total. The number of carbonyl (C=O) groups is 2. The largest absolute Gasteiger partial charge is 0.497 e. The molecule has 0 aliphatic carbocycles. The fraction of sp³-hybridized carbons (Fsp3) is 0.368. The summed E-state index contributed by atoms with van der Waals surface area (Å²) in [6.45, 7) is 6.02. The zero-order chi connectivity index (χ0) is 19.2. The lowest BCUT2D eigenvalue weighted by Crippen LogP contribution is -2.21. The summed E-state index contributed by atoms with van der Waals surface area (Å²) in [6, 6.07) is 7.44. The summed E-state index contributed by atoms with van der Waals surface area (Å²) >= 11 is 0. The predicted molar refractivity (Wildman–Crippen MR) is 95.7 cm³/mol. The zero-order valence-electron chi connectivity index (χ0n) is 15.5. The fourth-order valence-electron chi connectivity index (χ4n) is 2.25. The molecule has 0 unspecified atom stereocenters. The van der Waals surface area contributed by atoms with E-state index in [1.807, 2.05) is 45.0 Å². The van der Waals surface area contributed by atoms with Crippen LogP contribution in [-0.2, 0) is 19.1 Å². The summed E-state index contributed by atoms with van der Waals surface area (Å²) in [6.07, 6.45) is 1.60. The molecule has 0 saturated heterocycles. The van der Waals surface area contributed by atoms with Gasteiger partial charge in [-0.05, 0) is 34.8 Å². The first-order chi connectivity index (χ1) is 11.6. The number of ether oxygens (including phenoxy) is 3. The second-order valence-electron chi connectivity index (χ2n) is 6.35. The minimum absolute atomic E-state index is 0.0144. The third-order valence-electron chi connectivity index (χ3n) is 3.58. The monoisotopic (exact) mass is 347 g/mol. The first kappa shape index (κ1) is 20.3. The van der Waals surface area contributed by atoms with Gasteiger partial charge in [-0.2, -0.15) is 0 Å². The van der Waals surface area contributed by atoms with E-state index in [0.717, 1.165) is 16.9 Å². The molecular formula is C19H25NO5. The Labute approximate surface area is 148 Å². The lowest BCUT2D eigenvalue weighted by molar-refractivity contribution is -0.144. The van der Waals surface area contributed by atoms with Crippen molar-refractivity contribution in [2.75, 3.05) is 21.3 Å². The summed E-state index contributed by atoms with van der Waals surface area (Å²) in [5, 5.41) is 0. The third kappa shape index (κ3) is 5.11. The minimum Gasteiger partial charge on any atom is -0.497 e. The Hall–Kier alpha value is -2.76. The van der Waals surface area contributed by atoms with Crippen molar-refractivity contribution in [3.05, 3.63) is 47.2 Å². The van der Waals surface area contributed by atoms with Crippen LogP contribution in [0.4, 0.5) is 0 Å². The van der Waals surface area contributed by atoms with Gasteiger partial charge in [0.2, 0.25) is 0 Å². The molecule has 1 rings (SSSR count). The lowest BCUT2D eigenvalue weighted by atomic mass is 9.81. The molecule has 0 spiro atoms. The quantitative estimate of drug-likeness (QED) is 0.290. The second kappa shape index (κ2) is 8.37. The molecule has 25 heavy (non-hydrogen) atoms. The Morgan fingerprint density at radius 2 is 1.44 bits per heavy atom. The highest BCUT2D eigenvalue weighted by molar-refractivity contribution is 6.15. The van der Waals surface area contributed by atoms with Gasteiger partial charge in [0.25, 0.3) is 0 Å². The number of benzene rings is 1. The van der Waals surface area contributed by atoms with Crippen molar-refractivity contribution in [3.8, 4) is 5.75 Å². The minimum atomic E-state index is -0.844. The van der Waals surface area contributed by atoms with Crippen LogP contribution in [0, 0.1) is 5.41 Å². The van der Waals surface area contributed by atoms with Crippen LogP contribution in [0.3, 0.4) is 0 Å². The molecule has 0 aliphatic heterocycles. The van der Waals surface area contributed by atoms with Gasteiger partial charge in [0.05, 0.1) is 27.0 Å². The third-order valence-corrected chi connectivity index (χ3v) is 3.58. The molecule has 0 atom stereocenters. The average molecular weight is 347 g/mol. The molecule has 136 valence electrons. The number of methoxy groups -OCH3 is 3. The standard InChI is InChI=1S/C19H25NO5/c1-19(2,3)14(12-7-9-13(23-4)10-8-12)11-15(20)16(17(21)24-5)18(22)25-6/h7-11H,20H2,1-6H3/b14-11+. The normalized spacial score (nSPS) is 11.5. The predicted octanol–water partition coefficient (Wildman–Crippen LogP) is 2.68. The molecule has 6 heteroatoms. The van der Waals surface area contributed by atoms with Gasteiger partial charge in [0.1, 0.15) is 5.75 Å². The van der Waals surface area contributed by atoms with Crippen LogP contribution >= 0.6 is 0 Å². The van der Waals surface area contributed by atoms with Crippen molar-refractivity contribution in [3.63, 3.8) is 0 Å². The van der Waals surface area contributed by atoms with Gasteiger partial charge in [-0.25, -0.2) is 9.59 Å². The van der Waals surface area contributed by atoms with Gasteiger partial charge in [0.15, 0.2) is 5.57 Å². The van der Waals surface area contributed by atoms with Gasteiger partial charge in [-0.3, -0.25) is 0 Å². The van der Waals surface area contributed by atoms with Gasteiger partial charge in [-0.15, -0.1) is 0 Å². The van der Waals surface area contributed by atoms with Crippen LogP contribution in [0.2, 0.25) is 0 Å². The number of hydrogen-bond donors (Lipinski definition) is 1. The molecule has 0 radical (unpaired) electrons. The molecule has 0 aliphatic rings. The van der Waals surface area contributed by atoms with E-state index >= 15 is 0 Å². The number of rotatable bonds is 5. The van der Waals surface area contributed by atoms with E-state index in [-0.39, 0.29) is 16.7 Å². The van der Waals surface area contributed by atoms with E-state index in [0.29, 0.717) is 0 Å². The molecule has 1 aromatic carbocycles. The maximum absolute atomic E-state index is 11.9. The van der Waals surface area contributed by atoms with Crippen molar-refractivity contribution in [1.82, 2.24) is 0 Å². The van der Waals surface area contributed by atoms with Crippen LogP contribution in [-0.4, -0.2) is 33.3 Å². The molecule has 0 saturated carbocycles. The summed E-state index contributed by atoms with van der Waals surface area (Å²) in [5.74, 6) is -0.961. The molecule has 0 fully saturated rings. The number of carbonyl (C=O) groups excluding carboxylic acids is 2. The van der Waals surface area contributed by atoms with Crippen molar-refractivity contribution >= 4 is 17.5 Å². The highest BCUT2D eigenvalue weighted by Gasteiger charge is 2.25. The molecule has 0 bridgehead atoms. The van der Waals surface area contributed by atoms with E-state index in [1.54, 1.807) is 13.2 Å². The summed E-state index contributed by atoms with van der Waals surface area (Å²) < 4.78 is 14.4. The zero-order valence-corrected chi connectivity index (χ0v) is 15.5. The average Bonchev–Trinajstić information content (AvgIpc) is 2.58. The van der Waals surface area contributed by atoms with Gasteiger partial charge >= 0.3 is 11.9 Å². The molecule has 0 aromatic heterocycles. The fourth-order valence-corrected chi connectivity index (χ4v) is 2.25. The van der Waals surface area contributed by atoms with Crippen molar-refractivity contribution < 1.29 is 23.8 Å². The van der Waals surface area contributed by atoms with Crippen LogP contribution < -0.4 is 10.5 Å². The van der Waals surface area contributed by atoms with Gasteiger partial charge in [-0.1, -0.05) is 32.9 Å². The Bertz CT molecular complexity index is 676. The molecule has 1 aromatic rings. The van der Waals surface area contributed by atoms with Crippen LogP contribution in [0.5, 0.6) is 5.75 Å². The van der Waals surface area contributed by atoms with E-state index < -0.39 is 11.9 Å². The van der Waals surface area contributed by atoms with E-state index in [9.17, 15) is 9.59 Å². The number of esters is 2. The van der Waals surface area contributed by atoms with E-state index in [2.05, 4.69) is 9.47 Å². The van der Waals surface area contributed by atoms with E-state index in [1.165, 1.54) is 14.2 Å². The molecule has 0 amide bonds.